The van der Waals surface area contributed by atoms with E-state index in [1.54, 1.807) is 12.3 Å². The Morgan fingerprint density at radius 1 is 1.50 bits per heavy atom. The van der Waals surface area contributed by atoms with E-state index in [0.29, 0.717) is 23.3 Å². The minimum Gasteiger partial charge on any atom is -0.349 e. The van der Waals surface area contributed by atoms with Crippen molar-refractivity contribution in [3.05, 3.63) is 23.0 Å². The summed E-state index contributed by atoms with van der Waals surface area (Å²) in [6.07, 6.45) is 4.32. The molecule has 1 aromatic rings. The summed E-state index contributed by atoms with van der Waals surface area (Å²) in [6.45, 7) is 5.53. The van der Waals surface area contributed by atoms with Gasteiger partial charge >= 0.3 is 0 Å². The molecule has 18 heavy (non-hydrogen) atoms. The Labute approximate surface area is 113 Å². The van der Waals surface area contributed by atoms with Gasteiger partial charge in [0.05, 0.1) is 5.02 Å². The van der Waals surface area contributed by atoms with Crippen LogP contribution in [0.15, 0.2) is 12.3 Å². The average Bonchev–Trinajstić information content (AvgIpc) is 3.05. The third-order valence-corrected chi connectivity index (χ3v) is 3.23. The van der Waals surface area contributed by atoms with Crippen LogP contribution in [0.2, 0.25) is 5.02 Å². The third kappa shape index (κ3) is 3.50. The van der Waals surface area contributed by atoms with Gasteiger partial charge < -0.3 is 15.2 Å². The van der Waals surface area contributed by atoms with Crippen LogP contribution in [0, 0.1) is 0 Å². The molecule has 0 aliphatic heterocycles. The van der Waals surface area contributed by atoms with Crippen molar-refractivity contribution >= 4 is 17.5 Å². The molecule has 0 aromatic carbocycles. The zero-order chi connectivity index (χ0) is 13.1. The number of hydrogen-bond donors (Lipinski definition) is 2. The maximum Gasteiger partial charge on any atom is 0.268 e. The number of carbonyl (C=O) groups is 1. The van der Waals surface area contributed by atoms with E-state index in [1.807, 2.05) is 18.4 Å². The number of carbonyl (C=O) groups excluding carboxylic acids is 1. The number of hydrogen-bond acceptors (Lipinski definition) is 2. The van der Waals surface area contributed by atoms with Crippen LogP contribution in [0.3, 0.4) is 0 Å². The highest BCUT2D eigenvalue weighted by atomic mass is 35.5. The standard InChI is InChI=1S/C13H20ClN3O/c1-9(2)17-8-10(14)7-12(17)13(18)16-6-5-15-11-3-4-11/h7-9,11,15H,3-6H2,1-2H3,(H,16,18). The molecular formula is C13H20ClN3O. The van der Waals surface area contributed by atoms with Crippen LogP contribution in [0.4, 0.5) is 0 Å². The fourth-order valence-corrected chi connectivity index (χ4v) is 2.09. The van der Waals surface area contributed by atoms with Gasteiger partial charge in [0.15, 0.2) is 0 Å². The molecule has 4 nitrogen and oxygen atoms in total. The van der Waals surface area contributed by atoms with Crippen molar-refractivity contribution in [1.82, 2.24) is 15.2 Å². The van der Waals surface area contributed by atoms with Crippen molar-refractivity contribution in [3.8, 4) is 0 Å². The Balaban J connectivity index is 1.86. The number of nitrogens with one attached hydrogen (secondary N) is 2. The van der Waals surface area contributed by atoms with Gasteiger partial charge in [-0.1, -0.05) is 11.6 Å². The highest BCUT2D eigenvalue weighted by Crippen LogP contribution is 2.19. The molecule has 1 aromatic heterocycles. The van der Waals surface area contributed by atoms with Crippen molar-refractivity contribution < 1.29 is 4.79 Å². The quantitative estimate of drug-likeness (QED) is 0.778. The second-order valence-electron chi connectivity index (χ2n) is 5.03. The molecule has 1 saturated carbocycles. The van der Waals surface area contributed by atoms with E-state index in [1.165, 1.54) is 12.8 Å². The molecule has 0 radical (unpaired) electrons. The first-order valence-electron chi connectivity index (χ1n) is 6.47. The molecule has 1 aliphatic carbocycles. The number of amides is 1. The van der Waals surface area contributed by atoms with Gasteiger partial charge in [-0.15, -0.1) is 0 Å². The first kappa shape index (κ1) is 13.4. The lowest BCUT2D eigenvalue weighted by atomic mass is 10.3. The van der Waals surface area contributed by atoms with E-state index in [0.717, 1.165) is 6.54 Å². The second-order valence-corrected chi connectivity index (χ2v) is 5.47. The van der Waals surface area contributed by atoms with Gasteiger partial charge in [-0.25, -0.2) is 0 Å². The molecule has 2 rings (SSSR count). The second kappa shape index (κ2) is 5.76. The molecule has 1 fully saturated rings. The number of halogens is 1. The minimum atomic E-state index is -0.0619. The van der Waals surface area contributed by atoms with E-state index in [4.69, 9.17) is 11.6 Å². The van der Waals surface area contributed by atoms with Crippen molar-refractivity contribution in [3.63, 3.8) is 0 Å². The van der Waals surface area contributed by atoms with Crippen LogP contribution in [0.25, 0.3) is 0 Å². The zero-order valence-electron chi connectivity index (χ0n) is 10.9. The summed E-state index contributed by atoms with van der Waals surface area (Å²) in [5, 5.41) is 6.87. The van der Waals surface area contributed by atoms with Crippen LogP contribution >= 0.6 is 11.6 Å². The molecule has 0 bridgehead atoms. The maximum absolute atomic E-state index is 12.0. The van der Waals surface area contributed by atoms with E-state index in [9.17, 15) is 4.79 Å². The van der Waals surface area contributed by atoms with Crippen LogP contribution in [-0.4, -0.2) is 29.6 Å². The van der Waals surface area contributed by atoms with Gasteiger partial charge in [-0.3, -0.25) is 4.79 Å². The smallest absolute Gasteiger partial charge is 0.268 e. The highest BCUT2D eigenvalue weighted by molar-refractivity contribution is 6.31. The Hall–Kier alpha value is -1.00. The molecule has 0 unspecified atom stereocenters. The fourth-order valence-electron chi connectivity index (χ4n) is 1.89. The molecule has 1 heterocycles. The van der Waals surface area contributed by atoms with E-state index >= 15 is 0 Å². The van der Waals surface area contributed by atoms with Gasteiger partial charge in [0.1, 0.15) is 5.69 Å². The monoisotopic (exact) mass is 269 g/mol. The van der Waals surface area contributed by atoms with Crippen molar-refractivity contribution in [2.75, 3.05) is 13.1 Å². The van der Waals surface area contributed by atoms with Crippen molar-refractivity contribution in [1.29, 1.82) is 0 Å². The Morgan fingerprint density at radius 2 is 2.22 bits per heavy atom. The molecule has 2 N–H and O–H groups in total. The van der Waals surface area contributed by atoms with Crippen molar-refractivity contribution in [2.24, 2.45) is 0 Å². The van der Waals surface area contributed by atoms with Crippen LogP contribution < -0.4 is 10.6 Å². The Kier molecular flexibility index (Phi) is 4.30. The molecule has 0 atom stereocenters. The summed E-state index contributed by atoms with van der Waals surface area (Å²) in [5.41, 5.74) is 0.626. The SMILES string of the molecule is CC(C)n1cc(Cl)cc1C(=O)NCCNC1CC1. The molecule has 1 aliphatic rings. The number of aromatic nitrogens is 1. The third-order valence-electron chi connectivity index (χ3n) is 3.03. The first-order valence-corrected chi connectivity index (χ1v) is 6.84. The van der Waals surface area contributed by atoms with Crippen LogP contribution in [-0.2, 0) is 0 Å². The van der Waals surface area contributed by atoms with Gasteiger partial charge in [-0.2, -0.15) is 0 Å². The summed E-state index contributed by atoms with van der Waals surface area (Å²) in [4.78, 5) is 12.0. The highest BCUT2D eigenvalue weighted by Gasteiger charge is 2.20. The van der Waals surface area contributed by atoms with Gasteiger partial charge in [0.2, 0.25) is 0 Å². The minimum absolute atomic E-state index is 0.0619. The number of nitrogens with zero attached hydrogens (tertiary/aromatic N) is 1. The molecular weight excluding hydrogens is 250 g/mol. The predicted octanol–water partition coefficient (Wildman–Crippen LogP) is 2.20. The van der Waals surface area contributed by atoms with E-state index < -0.39 is 0 Å². The summed E-state index contributed by atoms with van der Waals surface area (Å²) >= 11 is 5.95. The number of rotatable bonds is 6. The zero-order valence-corrected chi connectivity index (χ0v) is 11.6. The lowest BCUT2D eigenvalue weighted by Gasteiger charge is -2.12. The van der Waals surface area contributed by atoms with Crippen LogP contribution in [0.1, 0.15) is 43.2 Å². The fraction of sp³-hybridized carbons (Fsp3) is 0.615. The predicted molar refractivity (Wildman–Crippen MR) is 73.2 cm³/mol. The van der Waals surface area contributed by atoms with E-state index in [-0.39, 0.29) is 11.9 Å². The van der Waals surface area contributed by atoms with E-state index in [2.05, 4.69) is 10.6 Å². The molecule has 0 spiro atoms. The normalized spacial score (nSPS) is 15.1. The van der Waals surface area contributed by atoms with Gasteiger partial charge in [-0.05, 0) is 32.8 Å². The maximum atomic E-state index is 12.0. The molecule has 0 saturated heterocycles. The summed E-state index contributed by atoms with van der Waals surface area (Å²) in [7, 11) is 0. The Morgan fingerprint density at radius 3 is 2.83 bits per heavy atom. The van der Waals surface area contributed by atoms with Gasteiger partial charge in [0, 0.05) is 31.4 Å². The largest absolute Gasteiger partial charge is 0.349 e. The lowest BCUT2D eigenvalue weighted by Crippen LogP contribution is -2.33. The Bertz CT molecular complexity index is 424. The molecule has 1 amide bonds. The summed E-state index contributed by atoms with van der Waals surface area (Å²) in [6, 6.07) is 2.62. The average molecular weight is 270 g/mol. The summed E-state index contributed by atoms with van der Waals surface area (Å²) < 4.78 is 1.89. The first-order chi connectivity index (χ1) is 8.58. The topological polar surface area (TPSA) is 46.1 Å². The lowest BCUT2D eigenvalue weighted by molar-refractivity contribution is 0.0943. The van der Waals surface area contributed by atoms with Gasteiger partial charge in [0.25, 0.3) is 5.91 Å². The van der Waals surface area contributed by atoms with Crippen molar-refractivity contribution in [2.45, 2.75) is 38.8 Å². The molecule has 100 valence electrons. The summed E-state index contributed by atoms with van der Waals surface area (Å²) in [5.74, 6) is -0.0619. The van der Waals surface area contributed by atoms with Crippen LogP contribution in [0.5, 0.6) is 0 Å². The molecule has 5 heteroatoms.